The van der Waals surface area contributed by atoms with Crippen molar-refractivity contribution in [3.8, 4) is 10.4 Å². The summed E-state index contributed by atoms with van der Waals surface area (Å²) < 4.78 is 7.42. The van der Waals surface area contributed by atoms with Crippen LogP contribution in [0.1, 0.15) is 12.8 Å². The van der Waals surface area contributed by atoms with E-state index in [1.165, 1.54) is 0 Å². The average molecular weight is 385 g/mol. The molecule has 3 aromatic rings. The van der Waals surface area contributed by atoms with E-state index in [1.807, 2.05) is 24.3 Å². The van der Waals surface area contributed by atoms with E-state index >= 15 is 0 Å². The van der Waals surface area contributed by atoms with Crippen LogP contribution in [0.3, 0.4) is 0 Å². The summed E-state index contributed by atoms with van der Waals surface area (Å²) >= 11 is 3.17. The van der Waals surface area contributed by atoms with Crippen LogP contribution in [0.15, 0.2) is 59.0 Å². The predicted molar refractivity (Wildman–Crippen MR) is 109 cm³/mol. The standard InChI is InChI=1S/C20H20N2O2S2/c1-2-10-22-19(23)16-12-17(14-7-4-3-5-8-14)26-18(16)21-20(22)25-13-15-9-6-11-24-15/h2-5,7-8,12,15H,1,6,9-11,13H2/t15-/m1/s1. The first-order valence-electron chi connectivity index (χ1n) is 8.71. The second kappa shape index (κ2) is 7.78. The summed E-state index contributed by atoms with van der Waals surface area (Å²) in [6.45, 7) is 5.09. The Bertz CT molecular complexity index is 973. The number of ether oxygens (including phenoxy) is 1. The number of fused-ring (bicyclic) bond motifs is 1. The summed E-state index contributed by atoms with van der Waals surface area (Å²) in [6, 6.07) is 12.1. The Balaban J connectivity index is 1.73. The number of hydrogen-bond acceptors (Lipinski definition) is 5. The number of thiophene rings is 1. The first-order valence-corrected chi connectivity index (χ1v) is 10.5. The molecule has 0 radical (unpaired) electrons. The number of rotatable bonds is 6. The zero-order valence-electron chi connectivity index (χ0n) is 14.4. The second-order valence-corrected chi connectivity index (χ2v) is 8.26. The molecule has 1 atom stereocenters. The van der Waals surface area contributed by atoms with Gasteiger partial charge in [-0.3, -0.25) is 9.36 Å². The van der Waals surface area contributed by atoms with Gasteiger partial charge in [-0.15, -0.1) is 17.9 Å². The normalized spacial score (nSPS) is 17.0. The van der Waals surface area contributed by atoms with Crippen LogP contribution in [0.4, 0.5) is 0 Å². The third kappa shape index (κ3) is 3.49. The SMILES string of the molecule is C=CCn1c(SC[C@H]2CCCO2)nc2sc(-c3ccccc3)cc2c1=O. The van der Waals surface area contributed by atoms with E-state index in [2.05, 4.69) is 18.7 Å². The van der Waals surface area contributed by atoms with Crippen molar-refractivity contribution in [1.82, 2.24) is 9.55 Å². The third-order valence-corrected chi connectivity index (χ3v) is 6.59. The molecular formula is C20H20N2O2S2. The molecular weight excluding hydrogens is 364 g/mol. The zero-order chi connectivity index (χ0) is 17.9. The fraction of sp³-hybridized carbons (Fsp3) is 0.300. The van der Waals surface area contributed by atoms with Crippen molar-refractivity contribution >= 4 is 33.3 Å². The Morgan fingerprint density at radius 2 is 2.23 bits per heavy atom. The first-order chi connectivity index (χ1) is 12.8. The van der Waals surface area contributed by atoms with Crippen molar-refractivity contribution in [3.05, 3.63) is 59.4 Å². The molecule has 26 heavy (non-hydrogen) atoms. The molecule has 4 nitrogen and oxygen atoms in total. The quantitative estimate of drug-likeness (QED) is 0.354. The molecule has 6 heteroatoms. The maximum absolute atomic E-state index is 13.0. The highest BCUT2D eigenvalue weighted by Gasteiger charge is 2.19. The Labute approximate surface area is 160 Å². The van der Waals surface area contributed by atoms with Crippen LogP contribution in [0.25, 0.3) is 20.7 Å². The van der Waals surface area contributed by atoms with Crippen molar-refractivity contribution in [2.75, 3.05) is 12.4 Å². The van der Waals surface area contributed by atoms with Crippen molar-refractivity contribution < 1.29 is 4.74 Å². The zero-order valence-corrected chi connectivity index (χ0v) is 16.0. The Morgan fingerprint density at radius 1 is 1.38 bits per heavy atom. The molecule has 3 heterocycles. The second-order valence-electron chi connectivity index (χ2n) is 6.24. The van der Waals surface area contributed by atoms with Crippen LogP contribution in [-0.2, 0) is 11.3 Å². The van der Waals surface area contributed by atoms with Crippen molar-refractivity contribution in [2.24, 2.45) is 0 Å². The van der Waals surface area contributed by atoms with E-state index in [1.54, 1.807) is 33.7 Å². The minimum absolute atomic E-state index is 0.00294. The molecule has 2 aromatic heterocycles. The monoisotopic (exact) mass is 384 g/mol. The number of aromatic nitrogens is 2. The van der Waals surface area contributed by atoms with Crippen LogP contribution >= 0.6 is 23.1 Å². The van der Waals surface area contributed by atoms with Crippen molar-refractivity contribution in [3.63, 3.8) is 0 Å². The summed E-state index contributed by atoms with van der Waals surface area (Å²) in [4.78, 5) is 19.7. The van der Waals surface area contributed by atoms with E-state index < -0.39 is 0 Å². The minimum atomic E-state index is 0.00294. The van der Waals surface area contributed by atoms with Gasteiger partial charge in [0.15, 0.2) is 5.16 Å². The molecule has 0 saturated carbocycles. The maximum atomic E-state index is 13.0. The number of allylic oxidation sites excluding steroid dienone is 1. The van der Waals surface area contributed by atoms with E-state index in [4.69, 9.17) is 9.72 Å². The highest BCUT2D eigenvalue weighted by Crippen LogP contribution is 2.32. The molecule has 1 saturated heterocycles. The highest BCUT2D eigenvalue weighted by atomic mass is 32.2. The summed E-state index contributed by atoms with van der Waals surface area (Å²) in [7, 11) is 0. The fourth-order valence-corrected chi connectivity index (χ4v) is 5.24. The number of hydrogen-bond donors (Lipinski definition) is 0. The number of thioether (sulfide) groups is 1. The molecule has 0 bridgehead atoms. The predicted octanol–water partition coefficient (Wildman–Crippen LogP) is 4.58. The van der Waals surface area contributed by atoms with Gasteiger partial charge in [-0.05, 0) is 24.5 Å². The van der Waals surface area contributed by atoms with Gasteiger partial charge in [0.1, 0.15) is 4.83 Å². The molecule has 0 spiro atoms. The molecule has 1 aliphatic heterocycles. The van der Waals surface area contributed by atoms with Crippen LogP contribution in [-0.4, -0.2) is 28.0 Å². The summed E-state index contributed by atoms with van der Waals surface area (Å²) in [6.07, 6.45) is 4.20. The first kappa shape index (κ1) is 17.5. The molecule has 0 N–H and O–H groups in total. The Kier molecular flexibility index (Phi) is 5.24. The largest absolute Gasteiger partial charge is 0.377 e. The van der Waals surface area contributed by atoms with Gasteiger partial charge < -0.3 is 4.74 Å². The van der Waals surface area contributed by atoms with Crippen LogP contribution < -0.4 is 5.56 Å². The molecule has 1 fully saturated rings. The number of benzene rings is 1. The van der Waals surface area contributed by atoms with E-state index in [9.17, 15) is 4.79 Å². The summed E-state index contributed by atoms with van der Waals surface area (Å²) in [5, 5.41) is 1.43. The Hall–Kier alpha value is -1.89. The molecule has 4 rings (SSSR count). The van der Waals surface area contributed by atoms with Gasteiger partial charge in [0.05, 0.1) is 11.5 Å². The minimum Gasteiger partial charge on any atom is -0.377 e. The fourth-order valence-electron chi connectivity index (χ4n) is 3.09. The number of nitrogens with zero attached hydrogens (tertiary/aromatic N) is 2. The molecule has 134 valence electrons. The summed E-state index contributed by atoms with van der Waals surface area (Å²) in [5.74, 6) is 0.825. The average Bonchev–Trinajstić information content (AvgIpc) is 3.33. The van der Waals surface area contributed by atoms with Gasteiger partial charge in [0.25, 0.3) is 5.56 Å². The lowest BCUT2D eigenvalue weighted by molar-refractivity contribution is 0.129. The molecule has 1 aromatic carbocycles. The smallest absolute Gasteiger partial charge is 0.263 e. The molecule has 0 unspecified atom stereocenters. The van der Waals surface area contributed by atoms with Gasteiger partial charge in [-0.25, -0.2) is 4.98 Å². The van der Waals surface area contributed by atoms with E-state index in [-0.39, 0.29) is 11.7 Å². The van der Waals surface area contributed by atoms with Gasteiger partial charge in [-0.2, -0.15) is 0 Å². The Morgan fingerprint density at radius 3 is 2.96 bits per heavy atom. The highest BCUT2D eigenvalue weighted by molar-refractivity contribution is 7.99. The van der Waals surface area contributed by atoms with Gasteiger partial charge in [0.2, 0.25) is 0 Å². The van der Waals surface area contributed by atoms with Crippen LogP contribution in [0, 0.1) is 0 Å². The van der Waals surface area contributed by atoms with Crippen LogP contribution in [0.2, 0.25) is 0 Å². The van der Waals surface area contributed by atoms with Gasteiger partial charge >= 0.3 is 0 Å². The van der Waals surface area contributed by atoms with Gasteiger partial charge in [-0.1, -0.05) is 48.2 Å². The topological polar surface area (TPSA) is 44.1 Å². The molecule has 0 aliphatic carbocycles. The van der Waals surface area contributed by atoms with E-state index in [0.29, 0.717) is 11.9 Å². The van der Waals surface area contributed by atoms with Gasteiger partial charge in [0, 0.05) is 23.8 Å². The van der Waals surface area contributed by atoms with Crippen molar-refractivity contribution in [2.45, 2.75) is 30.6 Å². The van der Waals surface area contributed by atoms with Crippen molar-refractivity contribution in [1.29, 1.82) is 0 Å². The summed E-state index contributed by atoms with van der Waals surface area (Å²) in [5.41, 5.74) is 1.11. The molecule has 1 aliphatic rings. The van der Waals surface area contributed by atoms with Crippen LogP contribution in [0.5, 0.6) is 0 Å². The maximum Gasteiger partial charge on any atom is 0.263 e. The van der Waals surface area contributed by atoms with E-state index in [0.717, 1.165) is 45.6 Å². The third-order valence-electron chi connectivity index (χ3n) is 4.41. The lowest BCUT2D eigenvalue weighted by Gasteiger charge is -2.12. The lowest BCUT2D eigenvalue weighted by atomic mass is 10.2. The lowest BCUT2D eigenvalue weighted by Crippen LogP contribution is -2.22. The molecule has 0 amide bonds.